The van der Waals surface area contributed by atoms with Crippen LogP contribution in [-0.2, 0) is 9.53 Å². The number of fused-ring (bicyclic) bond motifs is 2. The summed E-state index contributed by atoms with van der Waals surface area (Å²) in [5, 5.41) is 2.90. The molecule has 2 unspecified atom stereocenters. The first-order valence-corrected chi connectivity index (χ1v) is 7.37. The normalized spacial score (nSPS) is 25.1. The van der Waals surface area contributed by atoms with E-state index >= 15 is 0 Å². The van der Waals surface area contributed by atoms with E-state index in [-0.39, 0.29) is 5.91 Å². The Hall–Kier alpha value is -0.870. The number of ether oxygens (including phenoxy) is 1. The van der Waals surface area contributed by atoms with E-state index in [0.29, 0.717) is 36.7 Å². The van der Waals surface area contributed by atoms with Gasteiger partial charge in [0.05, 0.1) is 13.2 Å². The smallest absolute Gasteiger partial charge is 0.247 e. The Morgan fingerprint density at radius 3 is 2.42 bits per heavy atom. The zero-order chi connectivity index (χ0) is 14.4. The number of hydrogen-bond acceptors (Lipinski definition) is 3. The Morgan fingerprint density at radius 1 is 1.37 bits per heavy atom. The average Bonchev–Trinajstić information content (AvgIpc) is 2.44. The molecule has 0 aromatic carbocycles. The van der Waals surface area contributed by atoms with Gasteiger partial charge in [0.25, 0.3) is 0 Å². The Kier molecular flexibility index (Phi) is 6.52. The first-order valence-electron chi connectivity index (χ1n) is 7.37. The van der Waals surface area contributed by atoms with Crippen LogP contribution >= 0.6 is 0 Å². The second-order valence-corrected chi connectivity index (χ2v) is 5.46. The molecule has 1 amide bonds. The summed E-state index contributed by atoms with van der Waals surface area (Å²) in [7, 11) is 0. The van der Waals surface area contributed by atoms with Crippen molar-refractivity contribution in [2.24, 2.45) is 5.92 Å². The zero-order valence-corrected chi connectivity index (χ0v) is 12.7. The van der Waals surface area contributed by atoms with E-state index in [1.807, 2.05) is 13.8 Å². The molecular formula is C15H28N2O2. The predicted octanol–water partition coefficient (Wildman–Crippen LogP) is 1.81. The Labute approximate surface area is 117 Å². The van der Waals surface area contributed by atoms with Crippen molar-refractivity contribution in [2.75, 3.05) is 26.3 Å². The maximum absolute atomic E-state index is 11.8. The number of nitrogens with one attached hydrogen (secondary N) is 1. The zero-order valence-electron chi connectivity index (χ0n) is 12.7. The molecule has 0 aromatic heterocycles. The van der Waals surface area contributed by atoms with Crippen molar-refractivity contribution in [2.45, 2.75) is 46.2 Å². The summed E-state index contributed by atoms with van der Waals surface area (Å²) in [4.78, 5) is 14.1. The fourth-order valence-electron chi connectivity index (χ4n) is 2.38. The van der Waals surface area contributed by atoms with Crippen molar-refractivity contribution in [3.05, 3.63) is 12.2 Å². The number of hydrogen-bond donors (Lipinski definition) is 1. The molecule has 3 saturated heterocycles. The molecule has 2 atom stereocenters. The van der Waals surface area contributed by atoms with E-state index in [0.717, 1.165) is 13.2 Å². The SMILES string of the molecule is C=C(CN1C2COCC1C2)C(=O)NCC(C)C.CC. The highest BCUT2D eigenvalue weighted by atomic mass is 16.5. The second kappa shape index (κ2) is 7.65. The molecule has 0 radical (unpaired) electrons. The molecule has 1 N–H and O–H groups in total. The molecular weight excluding hydrogens is 240 g/mol. The summed E-state index contributed by atoms with van der Waals surface area (Å²) in [5.41, 5.74) is 0.669. The van der Waals surface area contributed by atoms with Crippen LogP contribution in [0.1, 0.15) is 34.1 Å². The van der Waals surface area contributed by atoms with E-state index in [2.05, 4.69) is 30.6 Å². The van der Waals surface area contributed by atoms with Gasteiger partial charge < -0.3 is 10.1 Å². The minimum Gasteiger partial charge on any atom is -0.378 e. The van der Waals surface area contributed by atoms with Crippen LogP contribution < -0.4 is 5.32 Å². The van der Waals surface area contributed by atoms with Gasteiger partial charge in [0.2, 0.25) is 5.91 Å². The lowest BCUT2D eigenvalue weighted by Gasteiger charge is -2.52. The maximum atomic E-state index is 11.8. The number of nitrogens with zero attached hydrogens (tertiary/aromatic N) is 1. The Bertz CT molecular complexity index is 301. The highest BCUT2D eigenvalue weighted by Gasteiger charge is 2.42. The van der Waals surface area contributed by atoms with Crippen LogP contribution in [0.25, 0.3) is 0 Å². The fraction of sp³-hybridized carbons (Fsp3) is 0.800. The number of morpholine rings is 1. The summed E-state index contributed by atoms with van der Waals surface area (Å²) in [5.74, 6) is 0.466. The van der Waals surface area contributed by atoms with Crippen molar-refractivity contribution in [3.63, 3.8) is 0 Å². The van der Waals surface area contributed by atoms with E-state index in [1.165, 1.54) is 6.42 Å². The fourth-order valence-corrected chi connectivity index (χ4v) is 2.38. The van der Waals surface area contributed by atoms with E-state index < -0.39 is 0 Å². The summed E-state index contributed by atoms with van der Waals surface area (Å²) < 4.78 is 5.41. The minimum atomic E-state index is -0.00964. The van der Waals surface area contributed by atoms with Crippen molar-refractivity contribution >= 4 is 5.91 Å². The van der Waals surface area contributed by atoms with Gasteiger partial charge in [-0.25, -0.2) is 0 Å². The number of carbonyl (C=O) groups is 1. The third-order valence-corrected chi connectivity index (χ3v) is 3.47. The number of carbonyl (C=O) groups excluding carboxylic acids is 1. The summed E-state index contributed by atoms with van der Waals surface area (Å²) >= 11 is 0. The largest absolute Gasteiger partial charge is 0.378 e. The van der Waals surface area contributed by atoms with Gasteiger partial charge in [-0.3, -0.25) is 9.69 Å². The lowest BCUT2D eigenvalue weighted by molar-refractivity contribution is -0.128. The summed E-state index contributed by atoms with van der Waals surface area (Å²) in [6.07, 6.45) is 1.21. The standard InChI is InChI=1S/C13H22N2O2.C2H6/c1-9(2)5-14-13(16)10(3)6-15-11-4-12(15)8-17-7-11;1-2/h9,11-12H,3-8H2,1-2H3,(H,14,16);1-2H3. The van der Waals surface area contributed by atoms with Gasteiger partial charge in [-0.15, -0.1) is 0 Å². The summed E-state index contributed by atoms with van der Waals surface area (Å²) in [6.45, 7) is 15.1. The van der Waals surface area contributed by atoms with Crippen molar-refractivity contribution in [1.82, 2.24) is 10.2 Å². The van der Waals surface area contributed by atoms with Gasteiger partial charge in [0.15, 0.2) is 0 Å². The molecule has 3 aliphatic heterocycles. The van der Waals surface area contributed by atoms with Crippen LogP contribution in [-0.4, -0.2) is 49.2 Å². The number of amides is 1. The monoisotopic (exact) mass is 268 g/mol. The maximum Gasteiger partial charge on any atom is 0.247 e. The highest BCUT2D eigenvalue weighted by Crippen LogP contribution is 2.30. The molecule has 3 fully saturated rings. The van der Waals surface area contributed by atoms with Crippen LogP contribution in [0.4, 0.5) is 0 Å². The van der Waals surface area contributed by atoms with E-state index in [1.54, 1.807) is 0 Å². The molecule has 0 saturated carbocycles. The van der Waals surface area contributed by atoms with Gasteiger partial charge >= 0.3 is 0 Å². The van der Waals surface area contributed by atoms with Gasteiger partial charge in [-0.2, -0.15) is 0 Å². The van der Waals surface area contributed by atoms with Gasteiger partial charge in [0, 0.05) is 30.7 Å². The van der Waals surface area contributed by atoms with Crippen LogP contribution in [0, 0.1) is 5.92 Å². The van der Waals surface area contributed by atoms with Crippen molar-refractivity contribution < 1.29 is 9.53 Å². The number of rotatable bonds is 5. The lowest BCUT2D eigenvalue weighted by Crippen LogP contribution is -2.64. The summed E-state index contributed by atoms with van der Waals surface area (Å²) in [6, 6.07) is 1.01. The molecule has 3 heterocycles. The molecule has 4 heteroatoms. The molecule has 0 aliphatic carbocycles. The van der Waals surface area contributed by atoms with Crippen molar-refractivity contribution in [1.29, 1.82) is 0 Å². The van der Waals surface area contributed by atoms with Crippen LogP contribution in [0.2, 0.25) is 0 Å². The molecule has 4 nitrogen and oxygen atoms in total. The van der Waals surface area contributed by atoms with E-state index in [4.69, 9.17) is 4.74 Å². The van der Waals surface area contributed by atoms with Crippen LogP contribution in [0.3, 0.4) is 0 Å². The first-order chi connectivity index (χ1) is 9.08. The average molecular weight is 268 g/mol. The molecule has 3 aliphatic rings. The molecule has 19 heavy (non-hydrogen) atoms. The third kappa shape index (κ3) is 4.32. The molecule has 0 spiro atoms. The van der Waals surface area contributed by atoms with Gasteiger partial charge in [-0.05, 0) is 12.3 Å². The third-order valence-electron chi connectivity index (χ3n) is 3.47. The second-order valence-electron chi connectivity index (χ2n) is 5.46. The Balaban J connectivity index is 0.000000861. The van der Waals surface area contributed by atoms with Gasteiger partial charge in [0.1, 0.15) is 0 Å². The van der Waals surface area contributed by atoms with Crippen LogP contribution in [0.5, 0.6) is 0 Å². The predicted molar refractivity (Wildman–Crippen MR) is 78.1 cm³/mol. The highest BCUT2D eigenvalue weighted by molar-refractivity contribution is 5.93. The molecule has 2 bridgehead atoms. The Morgan fingerprint density at radius 2 is 1.95 bits per heavy atom. The van der Waals surface area contributed by atoms with E-state index in [9.17, 15) is 4.79 Å². The minimum absolute atomic E-state index is 0.00964. The molecule has 110 valence electrons. The topological polar surface area (TPSA) is 41.6 Å². The molecule has 3 rings (SSSR count). The quantitative estimate of drug-likeness (QED) is 0.773. The van der Waals surface area contributed by atoms with Crippen molar-refractivity contribution in [3.8, 4) is 0 Å². The molecule has 0 aromatic rings. The van der Waals surface area contributed by atoms with Gasteiger partial charge in [-0.1, -0.05) is 34.3 Å². The van der Waals surface area contributed by atoms with Crippen LogP contribution in [0.15, 0.2) is 12.2 Å². The lowest BCUT2D eigenvalue weighted by atomic mass is 9.90. The first kappa shape index (κ1) is 16.2.